The Hall–Kier alpha value is -3.24. The van der Waals surface area contributed by atoms with Crippen LogP contribution in [0, 0.1) is 0 Å². The molecule has 0 saturated heterocycles. The van der Waals surface area contributed by atoms with Gasteiger partial charge in [0.05, 0.1) is 15.9 Å². The zero-order valence-electron chi connectivity index (χ0n) is 15.0. The number of aromatic nitrogens is 2. The summed E-state index contributed by atoms with van der Waals surface area (Å²) in [4.78, 5) is 30.6. The molecule has 0 atom stereocenters. The van der Waals surface area contributed by atoms with Gasteiger partial charge >= 0.3 is 5.97 Å². The molecule has 0 saturated carbocycles. The summed E-state index contributed by atoms with van der Waals surface area (Å²) in [6.45, 7) is 0.752. The Labute approximate surface area is 171 Å². The number of esters is 1. The van der Waals surface area contributed by atoms with Gasteiger partial charge in [0, 0.05) is 12.6 Å². The number of nitrogens with one attached hydrogen (secondary N) is 2. The molecule has 0 fully saturated rings. The third-order valence-electron chi connectivity index (χ3n) is 3.61. The van der Waals surface area contributed by atoms with Crippen LogP contribution >= 0.6 is 11.6 Å². The highest BCUT2D eigenvalue weighted by Gasteiger charge is 2.18. The largest absolute Gasteiger partial charge is 0.456 e. The van der Waals surface area contributed by atoms with E-state index in [0.717, 1.165) is 0 Å². The van der Waals surface area contributed by atoms with Crippen molar-refractivity contribution in [2.24, 2.45) is 0 Å². The van der Waals surface area contributed by atoms with E-state index in [1.165, 1.54) is 31.2 Å². The first-order chi connectivity index (χ1) is 13.7. The highest BCUT2D eigenvalue weighted by atomic mass is 35.5. The van der Waals surface area contributed by atoms with Crippen molar-refractivity contribution in [1.29, 1.82) is 0 Å². The van der Waals surface area contributed by atoms with Crippen molar-refractivity contribution in [3.63, 3.8) is 0 Å². The quantitative estimate of drug-likeness (QED) is 0.570. The summed E-state index contributed by atoms with van der Waals surface area (Å²) in [6, 6.07) is 12.3. The molecule has 3 aromatic rings. The van der Waals surface area contributed by atoms with Gasteiger partial charge in [-0.3, -0.25) is 14.3 Å². The number of hydrogen-bond donors (Lipinski definition) is 2. The average molecular weight is 435 g/mol. The van der Waals surface area contributed by atoms with Gasteiger partial charge in [0.1, 0.15) is 0 Å². The molecule has 11 heteroatoms. The number of nitrogens with zero attached hydrogens (tertiary/aromatic N) is 2. The number of fused-ring (bicyclic) bond motifs is 1. The first-order valence-corrected chi connectivity index (χ1v) is 10.1. The van der Waals surface area contributed by atoms with Crippen LogP contribution < -0.4 is 10.0 Å². The molecule has 3 rings (SSSR count). The lowest BCUT2D eigenvalue weighted by Crippen LogP contribution is -2.20. The molecule has 0 aliphatic rings. The summed E-state index contributed by atoms with van der Waals surface area (Å²) >= 11 is 6.05. The standard InChI is InChI=1S/C18H15ClN4O5S/c1-11(24)28-10-16(25)20-12-6-8-13(9-7-12)29(26,27)23-18-17(19)21-14-4-2-3-5-15(14)22-18/h2-9H,10H2,1H3,(H,20,25)(H,22,23). The van der Waals surface area contributed by atoms with Gasteiger partial charge in [-0.2, -0.15) is 0 Å². The van der Waals surface area contributed by atoms with Gasteiger partial charge in [-0.15, -0.1) is 0 Å². The minimum Gasteiger partial charge on any atom is -0.456 e. The van der Waals surface area contributed by atoms with Crippen LogP contribution in [-0.2, 0) is 24.3 Å². The van der Waals surface area contributed by atoms with E-state index in [1.54, 1.807) is 24.3 Å². The van der Waals surface area contributed by atoms with Crippen molar-refractivity contribution in [3.05, 3.63) is 53.7 Å². The minimum absolute atomic E-state index is 0.0680. The summed E-state index contributed by atoms with van der Waals surface area (Å²) in [5.41, 5.74) is 1.36. The maximum absolute atomic E-state index is 12.6. The maximum Gasteiger partial charge on any atom is 0.303 e. The number of carbonyl (C=O) groups excluding carboxylic acids is 2. The number of sulfonamides is 1. The number of ether oxygens (including phenoxy) is 1. The maximum atomic E-state index is 12.6. The molecule has 150 valence electrons. The molecule has 2 aromatic carbocycles. The lowest BCUT2D eigenvalue weighted by Gasteiger charge is -2.10. The Morgan fingerprint density at radius 1 is 1.03 bits per heavy atom. The molecule has 0 unspecified atom stereocenters. The number of carbonyl (C=O) groups is 2. The SMILES string of the molecule is CC(=O)OCC(=O)Nc1ccc(S(=O)(=O)Nc2nc3ccccc3nc2Cl)cc1. The number of rotatable bonds is 6. The fraction of sp³-hybridized carbons (Fsp3) is 0.111. The van der Waals surface area contributed by atoms with Crippen molar-refractivity contribution in [2.45, 2.75) is 11.8 Å². The monoisotopic (exact) mass is 434 g/mol. The van der Waals surface area contributed by atoms with Gasteiger partial charge in [-0.25, -0.2) is 18.4 Å². The summed E-state index contributed by atoms with van der Waals surface area (Å²) < 4.78 is 32.1. The van der Waals surface area contributed by atoms with Gasteiger partial charge in [-0.1, -0.05) is 23.7 Å². The Kier molecular flexibility index (Phi) is 5.95. The van der Waals surface area contributed by atoms with Crippen LogP contribution in [0.2, 0.25) is 5.15 Å². The van der Waals surface area contributed by atoms with E-state index in [1.807, 2.05) is 0 Å². The Bertz CT molecular complexity index is 1180. The molecule has 9 nitrogen and oxygen atoms in total. The summed E-state index contributed by atoms with van der Waals surface area (Å²) in [5.74, 6) is -1.22. The molecule has 2 N–H and O–H groups in total. The van der Waals surface area contributed by atoms with E-state index in [0.29, 0.717) is 16.7 Å². The second-order valence-corrected chi connectivity index (χ2v) is 7.85. The van der Waals surface area contributed by atoms with Crippen LogP contribution in [-0.4, -0.2) is 36.9 Å². The molecule has 1 aromatic heterocycles. The molecule has 0 radical (unpaired) electrons. The number of anilines is 2. The fourth-order valence-electron chi connectivity index (χ4n) is 2.31. The topological polar surface area (TPSA) is 127 Å². The summed E-state index contributed by atoms with van der Waals surface area (Å²) in [7, 11) is -3.99. The minimum atomic E-state index is -3.99. The molecule has 1 amide bonds. The summed E-state index contributed by atoms with van der Waals surface area (Å²) in [6.07, 6.45) is 0. The third-order valence-corrected chi connectivity index (χ3v) is 5.23. The predicted molar refractivity (Wildman–Crippen MR) is 107 cm³/mol. The van der Waals surface area contributed by atoms with E-state index in [2.05, 4.69) is 24.7 Å². The van der Waals surface area contributed by atoms with Crippen molar-refractivity contribution in [1.82, 2.24) is 9.97 Å². The van der Waals surface area contributed by atoms with Gasteiger partial charge in [0.15, 0.2) is 17.6 Å². The van der Waals surface area contributed by atoms with E-state index < -0.39 is 28.5 Å². The molecule has 0 aliphatic heterocycles. The zero-order chi connectivity index (χ0) is 21.0. The number of hydrogen-bond acceptors (Lipinski definition) is 7. The van der Waals surface area contributed by atoms with Gasteiger partial charge in [-0.05, 0) is 36.4 Å². The Balaban J connectivity index is 1.75. The van der Waals surface area contributed by atoms with E-state index in [4.69, 9.17) is 11.6 Å². The van der Waals surface area contributed by atoms with Crippen LogP contribution in [0.4, 0.5) is 11.5 Å². The number of para-hydroxylation sites is 2. The normalized spacial score (nSPS) is 11.1. The molecule has 1 heterocycles. The lowest BCUT2D eigenvalue weighted by atomic mass is 10.3. The number of amides is 1. The molecular formula is C18H15ClN4O5S. The number of benzene rings is 2. The molecule has 0 bridgehead atoms. The Morgan fingerprint density at radius 2 is 1.66 bits per heavy atom. The average Bonchev–Trinajstić information content (AvgIpc) is 2.67. The van der Waals surface area contributed by atoms with Crippen molar-refractivity contribution in [3.8, 4) is 0 Å². The van der Waals surface area contributed by atoms with E-state index >= 15 is 0 Å². The Morgan fingerprint density at radius 3 is 2.28 bits per heavy atom. The van der Waals surface area contributed by atoms with Crippen molar-refractivity contribution >= 4 is 56.0 Å². The van der Waals surface area contributed by atoms with Crippen molar-refractivity contribution < 1.29 is 22.7 Å². The second kappa shape index (κ2) is 8.41. The molecule has 0 spiro atoms. The lowest BCUT2D eigenvalue weighted by molar-refractivity contribution is -0.144. The van der Waals surface area contributed by atoms with E-state index in [-0.39, 0.29) is 15.9 Å². The van der Waals surface area contributed by atoms with E-state index in [9.17, 15) is 18.0 Å². The zero-order valence-corrected chi connectivity index (χ0v) is 16.6. The van der Waals surface area contributed by atoms with Crippen LogP contribution in [0.1, 0.15) is 6.92 Å². The van der Waals surface area contributed by atoms with Crippen LogP contribution in [0.5, 0.6) is 0 Å². The molecule has 0 aliphatic carbocycles. The fourth-order valence-corrected chi connectivity index (χ4v) is 3.56. The number of halogens is 1. The molecule has 29 heavy (non-hydrogen) atoms. The first kappa shape index (κ1) is 20.5. The van der Waals surface area contributed by atoms with Gasteiger partial charge in [0.25, 0.3) is 15.9 Å². The summed E-state index contributed by atoms with van der Waals surface area (Å²) in [5, 5.41) is 2.40. The van der Waals surface area contributed by atoms with Crippen molar-refractivity contribution in [2.75, 3.05) is 16.6 Å². The highest BCUT2D eigenvalue weighted by Crippen LogP contribution is 2.24. The third kappa shape index (κ3) is 5.18. The van der Waals surface area contributed by atoms with Gasteiger partial charge in [0.2, 0.25) is 0 Å². The molecular weight excluding hydrogens is 420 g/mol. The van der Waals surface area contributed by atoms with Crippen LogP contribution in [0.25, 0.3) is 11.0 Å². The predicted octanol–water partition coefficient (Wildman–Crippen LogP) is 2.59. The van der Waals surface area contributed by atoms with Crippen LogP contribution in [0.3, 0.4) is 0 Å². The first-order valence-electron chi connectivity index (χ1n) is 8.23. The van der Waals surface area contributed by atoms with Crippen LogP contribution in [0.15, 0.2) is 53.4 Å². The highest BCUT2D eigenvalue weighted by molar-refractivity contribution is 7.92. The van der Waals surface area contributed by atoms with Gasteiger partial charge < -0.3 is 10.1 Å². The second-order valence-electron chi connectivity index (χ2n) is 5.81. The smallest absolute Gasteiger partial charge is 0.303 e.